The van der Waals surface area contributed by atoms with Gasteiger partial charge in [0.1, 0.15) is 6.04 Å². The van der Waals surface area contributed by atoms with Crippen LogP contribution in [0.1, 0.15) is 84.1 Å². The van der Waals surface area contributed by atoms with Crippen molar-refractivity contribution in [1.82, 2.24) is 34.4 Å². The quantitative estimate of drug-likeness (QED) is 0.0997. The largest absolute Gasteiger partial charge is 0.503 e. The molecule has 1 saturated carbocycles. The third-order valence-corrected chi connectivity index (χ3v) is 12.6. The minimum atomic E-state index is -1.78. The summed E-state index contributed by atoms with van der Waals surface area (Å²) in [5.41, 5.74) is 7.30. The van der Waals surface area contributed by atoms with Crippen LogP contribution in [0.4, 0.5) is 13.2 Å². The number of phenolic OH excluding ortho intramolecular Hbond substituents is 1. The summed E-state index contributed by atoms with van der Waals surface area (Å²) in [5.74, 6) is -7.76. The van der Waals surface area contributed by atoms with Crippen LogP contribution in [0, 0.1) is 23.4 Å². The molecule has 9 rings (SSSR count). The van der Waals surface area contributed by atoms with Gasteiger partial charge in [-0.25, -0.2) is 13.6 Å². The van der Waals surface area contributed by atoms with Crippen LogP contribution in [-0.2, 0) is 36.1 Å². The number of rotatable bonds is 10. The van der Waals surface area contributed by atoms with Crippen molar-refractivity contribution in [3.8, 4) is 16.9 Å². The molecule has 1 unspecified atom stereocenters. The molecule has 3 aliphatic rings. The minimum absolute atomic E-state index is 0. The van der Waals surface area contributed by atoms with E-state index in [1.54, 1.807) is 11.6 Å². The zero-order chi connectivity index (χ0) is 41.8. The summed E-state index contributed by atoms with van der Waals surface area (Å²) in [6.45, 7) is 2.90. The lowest BCUT2D eigenvalue weighted by Gasteiger charge is -2.28. The maximum absolute atomic E-state index is 14.2. The zero-order valence-corrected chi connectivity index (χ0v) is 34.2. The summed E-state index contributed by atoms with van der Waals surface area (Å²) in [4.78, 5) is 52.3. The normalized spacial score (nSPS) is 19.2. The predicted octanol–water partition coefficient (Wildman–Crippen LogP) is 6.99. The molecule has 0 bridgehead atoms. The Bertz CT molecular complexity index is 2770. The first-order chi connectivity index (χ1) is 28.9. The van der Waals surface area contributed by atoms with Gasteiger partial charge in [0.05, 0.1) is 28.2 Å². The smallest absolute Gasteiger partial charge is 0.329 e. The van der Waals surface area contributed by atoms with Gasteiger partial charge in [0, 0.05) is 44.7 Å². The Morgan fingerprint density at radius 1 is 0.885 bits per heavy atom. The Balaban J connectivity index is 0.00000514. The average molecular weight is 856 g/mol. The monoisotopic (exact) mass is 855 g/mol. The van der Waals surface area contributed by atoms with Crippen molar-refractivity contribution < 1.29 is 32.7 Å². The second-order valence-electron chi connectivity index (χ2n) is 16.4. The first kappa shape index (κ1) is 41.8. The van der Waals surface area contributed by atoms with E-state index in [4.69, 9.17) is 5.10 Å². The Morgan fingerprint density at radius 3 is 2.43 bits per heavy atom. The van der Waals surface area contributed by atoms with Crippen molar-refractivity contribution >= 4 is 52.1 Å². The Kier molecular flexibility index (Phi) is 11.5. The van der Waals surface area contributed by atoms with Gasteiger partial charge in [0.25, 0.3) is 5.91 Å². The van der Waals surface area contributed by atoms with Crippen molar-refractivity contribution in [3.63, 3.8) is 0 Å². The number of aromatic hydroxyl groups is 1. The number of benzene rings is 4. The molecule has 2 aliphatic heterocycles. The molecule has 12 nitrogen and oxygen atoms in total. The Hall–Kier alpha value is -5.93. The van der Waals surface area contributed by atoms with E-state index in [0.717, 1.165) is 91.3 Å². The van der Waals surface area contributed by atoms with Gasteiger partial charge in [0.15, 0.2) is 17.4 Å². The highest BCUT2D eigenvalue weighted by atomic mass is 35.5. The lowest BCUT2D eigenvalue weighted by molar-refractivity contribution is -0.135. The number of amides is 3. The number of aryl methyl sites for hydroxylation is 2. The summed E-state index contributed by atoms with van der Waals surface area (Å²) in [6, 6.07) is 19.0. The number of halogens is 4. The lowest BCUT2D eigenvalue weighted by Crippen LogP contribution is -2.44. The van der Waals surface area contributed by atoms with E-state index in [0.29, 0.717) is 18.0 Å². The number of imide groups is 1. The molecule has 0 radical (unpaired) electrons. The summed E-state index contributed by atoms with van der Waals surface area (Å²) in [7, 11) is 1.71. The first-order valence-electron chi connectivity index (χ1n) is 20.4. The van der Waals surface area contributed by atoms with Gasteiger partial charge in [-0.2, -0.15) is 9.49 Å². The van der Waals surface area contributed by atoms with Crippen LogP contribution in [0.2, 0.25) is 0 Å². The van der Waals surface area contributed by atoms with Gasteiger partial charge in [-0.05, 0) is 116 Å². The molecule has 3 amide bonds. The molecule has 3 N–H and O–H groups in total. The van der Waals surface area contributed by atoms with Crippen molar-refractivity contribution in [2.75, 3.05) is 13.1 Å². The van der Waals surface area contributed by atoms with Crippen LogP contribution in [0.15, 0.2) is 71.7 Å². The number of fused-ring (bicyclic) bond motifs is 3. The van der Waals surface area contributed by atoms with Crippen LogP contribution in [0.3, 0.4) is 0 Å². The highest BCUT2D eigenvalue weighted by Gasteiger charge is 2.32. The fraction of sp³-hybridized carbons (Fsp3) is 0.356. The summed E-state index contributed by atoms with van der Waals surface area (Å²) >= 11 is 0. The molecule has 6 aromatic rings. The number of aromatic nitrogens is 4. The molecule has 61 heavy (non-hydrogen) atoms. The molecular formula is C45H45ClF3N7O5. The van der Waals surface area contributed by atoms with E-state index in [2.05, 4.69) is 58.1 Å². The number of hydrogen-bond donors (Lipinski definition) is 3. The highest BCUT2D eigenvalue weighted by Crippen LogP contribution is 2.35. The molecule has 318 valence electrons. The number of phenols is 1. The fourth-order valence-corrected chi connectivity index (χ4v) is 9.20. The van der Waals surface area contributed by atoms with Crippen molar-refractivity contribution in [2.24, 2.45) is 13.0 Å². The fourth-order valence-electron chi connectivity index (χ4n) is 9.20. The summed E-state index contributed by atoms with van der Waals surface area (Å²) in [5, 5.41) is 20.2. The van der Waals surface area contributed by atoms with Crippen molar-refractivity contribution in [2.45, 2.75) is 76.5 Å². The highest BCUT2D eigenvalue weighted by molar-refractivity contribution is 6.00. The topological polar surface area (TPSA) is 143 Å². The standard InChI is InChI=1S/C45H44F3N7O5.ClH/c1-52-38-17-25(6-13-36(38)55(45(52)60)37-14-15-39(56)50-44(37)59)3-2-16-53-22-29-9-7-27(18-31(29)23-53)28-8-10-30-24-54(51-35(30)19-28)32-11-4-26(5-12-32)21-49-43(58)33-20-34(46)42(57)41(48)40(33)47;/h6-10,13,17-20,24,26,32,37,57H,2-5,11-12,14-16,21-23H2,1H3,(H,49,58)(H,50,56,59);1H. The van der Waals surface area contributed by atoms with Crippen molar-refractivity contribution in [3.05, 3.63) is 117 Å². The molecule has 0 spiro atoms. The molecule has 16 heteroatoms. The van der Waals surface area contributed by atoms with E-state index >= 15 is 0 Å². The minimum Gasteiger partial charge on any atom is -0.503 e. The zero-order valence-electron chi connectivity index (χ0n) is 33.4. The predicted molar refractivity (Wildman–Crippen MR) is 225 cm³/mol. The molecule has 2 fully saturated rings. The van der Waals surface area contributed by atoms with Gasteiger partial charge in [-0.1, -0.05) is 30.3 Å². The van der Waals surface area contributed by atoms with E-state index in [-0.39, 0.29) is 48.9 Å². The van der Waals surface area contributed by atoms with E-state index in [1.165, 1.54) is 15.7 Å². The van der Waals surface area contributed by atoms with Crippen LogP contribution >= 0.6 is 12.4 Å². The number of piperidine rings is 1. The number of carbonyl (C=O) groups excluding carboxylic acids is 3. The number of carbonyl (C=O) groups is 3. The molecule has 2 aromatic heterocycles. The van der Waals surface area contributed by atoms with Gasteiger partial charge in [-0.3, -0.25) is 38.4 Å². The molecule has 4 aromatic carbocycles. The third kappa shape index (κ3) is 8.04. The Labute approximate surface area is 354 Å². The number of hydrogen-bond acceptors (Lipinski definition) is 7. The van der Waals surface area contributed by atoms with E-state index in [9.17, 15) is 37.5 Å². The molecule has 1 atom stereocenters. The molecule has 1 saturated heterocycles. The maximum atomic E-state index is 14.2. The van der Waals surface area contributed by atoms with E-state index in [1.807, 2.05) is 22.9 Å². The number of nitrogens with zero attached hydrogens (tertiary/aromatic N) is 5. The van der Waals surface area contributed by atoms with Gasteiger partial charge in [-0.15, -0.1) is 12.4 Å². The first-order valence-corrected chi connectivity index (χ1v) is 20.4. The van der Waals surface area contributed by atoms with Crippen LogP contribution in [-0.4, -0.2) is 59.7 Å². The maximum Gasteiger partial charge on any atom is 0.329 e. The Morgan fingerprint density at radius 2 is 1.64 bits per heavy atom. The molecule has 1 aliphatic carbocycles. The third-order valence-electron chi connectivity index (χ3n) is 12.6. The average Bonchev–Trinajstić information content (AvgIpc) is 3.93. The molecular weight excluding hydrogens is 811 g/mol. The second-order valence-corrected chi connectivity index (χ2v) is 16.4. The molecule has 4 heterocycles. The van der Waals surface area contributed by atoms with Crippen molar-refractivity contribution in [1.29, 1.82) is 0 Å². The lowest BCUT2D eigenvalue weighted by atomic mass is 9.86. The summed E-state index contributed by atoms with van der Waals surface area (Å²) in [6.07, 6.45) is 7.61. The van der Waals surface area contributed by atoms with Crippen LogP contribution in [0.5, 0.6) is 5.75 Å². The second kappa shape index (κ2) is 16.8. The number of nitrogens with one attached hydrogen (secondary N) is 2. The summed E-state index contributed by atoms with van der Waals surface area (Å²) < 4.78 is 46.7. The van der Waals surface area contributed by atoms with E-state index < -0.39 is 46.6 Å². The van der Waals surface area contributed by atoms with Crippen LogP contribution < -0.4 is 16.3 Å². The number of imidazole rings is 1. The van der Waals surface area contributed by atoms with Gasteiger partial charge < -0.3 is 10.4 Å². The SMILES string of the molecule is Cl.Cn1c(=O)n(C2CCC(=O)NC2=O)c2ccc(CCCN3Cc4ccc(-c5ccc6cn(C7CCC(CNC(=O)c8cc(F)c(O)c(F)c8F)CC7)nc6c5)cc4C3)cc21. The van der Waals surface area contributed by atoms with Gasteiger partial charge in [0.2, 0.25) is 17.6 Å². The van der Waals surface area contributed by atoms with Crippen LogP contribution in [0.25, 0.3) is 33.1 Å². The van der Waals surface area contributed by atoms with Gasteiger partial charge >= 0.3 is 5.69 Å².